The van der Waals surface area contributed by atoms with E-state index >= 15 is 0 Å². The molecule has 0 aromatic carbocycles. The van der Waals surface area contributed by atoms with Crippen LogP contribution in [-0.2, 0) is 10.1 Å². The van der Waals surface area contributed by atoms with E-state index in [9.17, 15) is 8.42 Å². The minimum absolute atomic E-state index is 0.715. The number of unbranched alkanes of at least 4 members (excludes halogenated alkanes) is 3. The predicted molar refractivity (Wildman–Crippen MR) is 76.3 cm³/mol. The first kappa shape index (κ1) is 17.9. The Kier molecular flexibility index (Phi) is 8.82. The monoisotopic (exact) mass is 280 g/mol. The molecule has 1 heterocycles. The summed E-state index contributed by atoms with van der Waals surface area (Å²) in [5.74, 6) is 0. The predicted octanol–water partition coefficient (Wildman–Crippen LogP) is 2.70. The fourth-order valence-electron chi connectivity index (χ4n) is 2.42. The molecule has 0 atom stereocenters. The Morgan fingerprint density at radius 1 is 1.06 bits per heavy atom. The van der Waals surface area contributed by atoms with Gasteiger partial charge < -0.3 is 4.48 Å². The smallest absolute Gasteiger partial charge is 0.261 e. The molecule has 1 aliphatic heterocycles. The van der Waals surface area contributed by atoms with Crippen LogP contribution < -0.4 is 0 Å². The van der Waals surface area contributed by atoms with Gasteiger partial charge in [-0.2, -0.15) is 8.42 Å². The second-order valence-corrected chi connectivity index (χ2v) is 7.11. The van der Waals surface area contributed by atoms with Crippen molar-refractivity contribution in [3.8, 4) is 0 Å². The lowest BCUT2D eigenvalue weighted by molar-refractivity contribution is -0.914. The van der Waals surface area contributed by atoms with Gasteiger partial charge in [0.25, 0.3) is 10.1 Å². The van der Waals surface area contributed by atoms with Crippen molar-refractivity contribution in [2.24, 2.45) is 0 Å². The highest BCUT2D eigenvalue weighted by Gasteiger charge is 2.23. The van der Waals surface area contributed by atoms with E-state index in [2.05, 4.69) is 14.0 Å². The Balaban J connectivity index is 0.000000494. The lowest BCUT2D eigenvalue weighted by Crippen LogP contribution is -2.48. The third-order valence-electron chi connectivity index (χ3n) is 3.45. The summed E-state index contributed by atoms with van der Waals surface area (Å²) in [6, 6.07) is 0. The quantitative estimate of drug-likeness (QED) is 0.478. The average molecular weight is 280 g/mol. The van der Waals surface area contributed by atoms with Gasteiger partial charge in [-0.3, -0.25) is 4.55 Å². The Hall–Kier alpha value is -0.130. The van der Waals surface area contributed by atoms with Crippen molar-refractivity contribution in [1.29, 1.82) is 0 Å². The van der Waals surface area contributed by atoms with Crippen LogP contribution in [0.15, 0.2) is 0 Å². The second-order valence-electron chi connectivity index (χ2n) is 5.64. The first-order chi connectivity index (χ1) is 8.27. The number of hydrogen-bond donors (Lipinski definition) is 1. The van der Waals surface area contributed by atoms with Crippen LogP contribution >= 0.6 is 0 Å². The molecule has 0 aromatic rings. The summed E-state index contributed by atoms with van der Waals surface area (Å²) in [7, 11) is -1.22. The molecule has 0 bridgehead atoms. The summed E-state index contributed by atoms with van der Waals surface area (Å²) >= 11 is 0. The van der Waals surface area contributed by atoms with Crippen LogP contribution in [0, 0.1) is 0 Å². The van der Waals surface area contributed by atoms with Crippen LogP contribution in [0.25, 0.3) is 0 Å². The largest absolute Gasteiger partial charge is 0.326 e. The summed E-state index contributed by atoms with van der Waals surface area (Å²) in [6.07, 6.45) is 10.8. The highest BCUT2D eigenvalue weighted by molar-refractivity contribution is 7.85. The van der Waals surface area contributed by atoms with Gasteiger partial charge in [0.05, 0.1) is 32.9 Å². The summed E-state index contributed by atoms with van der Waals surface area (Å²) in [4.78, 5) is 0. The molecule has 1 saturated heterocycles. The van der Waals surface area contributed by atoms with Gasteiger partial charge in [0.2, 0.25) is 0 Å². The van der Waals surface area contributed by atoms with Crippen LogP contribution in [-0.4, -0.2) is 50.4 Å². The minimum atomic E-state index is -3.67. The van der Waals surface area contributed by atoms with Gasteiger partial charge in [-0.1, -0.05) is 19.8 Å². The second kappa shape index (κ2) is 8.88. The van der Waals surface area contributed by atoms with E-state index in [4.69, 9.17) is 4.55 Å². The molecular weight excluding hydrogens is 250 g/mol. The van der Waals surface area contributed by atoms with Crippen molar-refractivity contribution in [1.82, 2.24) is 0 Å². The van der Waals surface area contributed by atoms with E-state index in [0.29, 0.717) is 6.26 Å². The summed E-state index contributed by atoms with van der Waals surface area (Å²) in [5, 5.41) is 0. The minimum Gasteiger partial charge on any atom is -0.326 e. The Labute approximate surface area is 113 Å². The molecule has 0 radical (unpaired) electrons. The van der Waals surface area contributed by atoms with E-state index in [1.165, 1.54) is 69.1 Å². The van der Waals surface area contributed by atoms with E-state index in [1.807, 2.05) is 0 Å². The molecule has 110 valence electrons. The van der Waals surface area contributed by atoms with Crippen molar-refractivity contribution < 1.29 is 17.5 Å². The lowest BCUT2D eigenvalue weighted by Gasteiger charge is -2.37. The maximum Gasteiger partial charge on any atom is 0.261 e. The van der Waals surface area contributed by atoms with Gasteiger partial charge in [-0.15, -0.1) is 0 Å². The lowest BCUT2D eigenvalue weighted by atomic mass is 10.1. The normalized spacial score (nSPS) is 18.9. The molecule has 0 spiro atoms. The third-order valence-corrected chi connectivity index (χ3v) is 3.45. The molecule has 18 heavy (non-hydrogen) atoms. The number of likely N-dealkylation sites (tertiary alicyclic amines) is 1. The Bertz CT molecular complexity index is 287. The Morgan fingerprint density at radius 2 is 1.56 bits per heavy atom. The Morgan fingerprint density at radius 3 is 2.00 bits per heavy atom. The van der Waals surface area contributed by atoms with Crippen LogP contribution in [0.4, 0.5) is 0 Å². The fourth-order valence-corrected chi connectivity index (χ4v) is 2.42. The van der Waals surface area contributed by atoms with Gasteiger partial charge in [0, 0.05) is 0 Å². The van der Waals surface area contributed by atoms with Gasteiger partial charge in [-0.25, -0.2) is 0 Å². The van der Waals surface area contributed by atoms with Gasteiger partial charge >= 0.3 is 0 Å². The van der Waals surface area contributed by atoms with E-state index in [0.717, 1.165) is 0 Å². The number of rotatable bonds is 5. The summed E-state index contributed by atoms with van der Waals surface area (Å²) in [5.41, 5.74) is 0. The zero-order valence-corrected chi connectivity index (χ0v) is 13.0. The number of quaternary nitrogens is 1. The molecule has 1 fully saturated rings. The van der Waals surface area contributed by atoms with Crippen molar-refractivity contribution in [3.05, 3.63) is 0 Å². The maximum atomic E-state index is 9.19. The maximum absolute atomic E-state index is 9.19. The molecule has 0 unspecified atom stereocenters. The van der Waals surface area contributed by atoms with Crippen molar-refractivity contribution in [2.45, 2.75) is 51.9 Å². The molecule has 0 saturated carbocycles. The molecule has 0 aliphatic carbocycles. The third kappa shape index (κ3) is 12.3. The molecule has 0 amide bonds. The van der Waals surface area contributed by atoms with Crippen LogP contribution in [0.1, 0.15) is 51.9 Å². The number of piperidine rings is 1. The zero-order chi connectivity index (χ0) is 14.1. The average Bonchev–Trinajstić information content (AvgIpc) is 2.23. The SMILES string of the molecule is CCCCCC[N+]1(C)CCCCC1.CS(=O)(=O)O. The first-order valence-electron chi connectivity index (χ1n) is 7.03. The van der Waals surface area contributed by atoms with Gasteiger partial charge in [0.1, 0.15) is 0 Å². The summed E-state index contributed by atoms with van der Waals surface area (Å²) < 4.78 is 27.2. The van der Waals surface area contributed by atoms with Crippen LogP contribution in [0.2, 0.25) is 0 Å². The standard InChI is InChI=1S/C12H26N.CH4O3S/c1-3-4-5-7-10-13(2)11-8-6-9-12-13;1-5(2,3)4/h3-12H2,1-2H3;1H3,(H,2,3,4)/q+1;. The number of hydrogen-bond acceptors (Lipinski definition) is 2. The van der Waals surface area contributed by atoms with Gasteiger partial charge in [-0.05, 0) is 32.1 Å². The van der Waals surface area contributed by atoms with E-state index < -0.39 is 10.1 Å². The topological polar surface area (TPSA) is 54.4 Å². The molecule has 1 rings (SSSR count). The van der Waals surface area contributed by atoms with Crippen molar-refractivity contribution >= 4 is 10.1 Å². The molecular formula is C13H30NO3S+. The molecule has 5 heteroatoms. The number of nitrogens with zero attached hydrogens (tertiary/aromatic N) is 1. The van der Waals surface area contributed by atoms with Crippen LogP contribution in [0.3, 0.4) is 0 Å². The summed E-state index contributed by atoms with van der Waals surface area (Å²) in [6.45, 7) is 6.59. The van der Waals surface area contributed by atoms with E-state index in [-0.39, 0.29) is 0 Å². The molecule has 1 aliphatic rings. The van der Waals surface area contributed by atoms with Crippen molar-refractivity contribution in [2.75, 3.05) is 32.9 Å². The highest BCUT2D eigenvalue weighted by atomic mass is 32.2. The van der Waals surface area contributed by atoms with Gasteiger partial charge in [0.15, 0.2) is 0 Å². The fraction of sp³-hybridized carbons (Fsp3) is 1.00. The molecule has 0 aromatic heterocycles. The zero-order valence-electron chi connectivity index (χ0n) is 12.2. The van der Waals surface area contributed by atoms with Crippen molar-refractivity contribution in [3.63, 3.8) is 0 Å². The van der Waals surface area contributed by atoms with Crippen LogP contribution in [0.5, 0.6) is 0 Å². The molecule has 1 N–H and O–H groups in total. The highest BCUT2D eigenvalue weighted by Crippen LogP contribution is 2.17. The van der Waals surface area contributed by atoms with E-state index in [1.54, 1.807) is 0 Å². The molecule has 4 nitrogen and oxygen atoms in total. The first-order valence-corrected chi connectivity index (χ1v) is 8.88.